The van der Waals surface area contributed by atoms with Gasteiger partial charge in [0.2, 0.25) is 0 Å². The Morgan fingerprint density at radius 3 is 1.33 bits per heavy atom. The first kappa shape index (κ1) is 38.9. The highest BCUT2D eigenvalue weighted by Gasteiger charge is 2.21. The third-order valence-corrected chi connectivity index (χ3v) is 8.57. The summed E-state index contributed by atoms with van der Waals surface area (Å²) in [5, 5.41) is 6.20. The van der Waals surface area contributed by atoms with E-state index >= 15 is 0 Å². The highest BCUT2D eigenvalue weighted by atomic mass is 35.5. The van der Waals surface area contributed by atoms with E-state index in [9.17, 15) is 9.59 Å². The van der Waals surface area contributed by atoms with Gasteiger partial charge in [0, 0.05) is 24.2 Å². The van der Waals surface area contributed by atoms with Gasteiger partial charge in [0.25, 0.3) is 11.8 Å². The molecule has 2 aromatic carbocycles. The predicted octanol–water partition coefficient (Wildman–Crippen LogP) is 7.37. The summed E-state index contributed by atoms with van der Waals surface area (Å²) in [5.74, 6) is 0.0000322. The SMILES string of the molecule is CCN(CC)CCCCCCNC(=O)c1ccc2c(c1)Cc1cc(C(=O)NCCCCCCN(CC)CC)ccc1-2.Cl.Cl. The largest absolute Gasteiger partial charge is 0.352 e. The minimum atomic E-state index is 0. The van der Waals surface area contributed by atoms with Gasteiger partial charge < -0.3 is 20.4 Å². The van der Waals surface area contributed by atoms with E-state index in [4.69, 9.17) is 0 Å². The topological polar surface area (TPSA) is 64.7 Å². The van der Waals surface area contributed by atoms with Crippen LogP contribution in [0.2, 0.25) is 0 Å². The van der Waals surface area contributed by atoms with Gasteiger partial charge >= 0.3 is 0 Å². The normalized spacial score (nSPS) is 11.5. The number of nitrogens with one attached hydrogen (secondary N) is 2. The molecule has 8 heteroatoms. The molecule has 2 N–H and O–H groups in total. The Kier molecular flexibility index (Phi) is 19.5. The van der Waals surface area contributed by atoms with E-state index in [1.54, 1.807) is 0 Å². The second-order valence-corrected chi connectivity index (χ2v) is 11.3. The number of nitrogens with zero attached hydrogens (tertiary/aromatic N) is 2. The molecule has 1 aliphatic carbocycles. The second kappa shape index (κ2) is 21.6. The van der Waals surface area contributed by atoms with Crippen molar-refractivity contribution in [3.05, 3.63) is 58.7 Å². The molecule has 0 saturated carbocycles. The maximum Gasteiger partial charge on any atom is 0.251 e. The molecule has 0 fully saturated rings. The van der Waals surface area contributed by atoms with E-state index in [1.807, 2.05) is 24.3 Å². The lowest BCUT2D eigenvalue weighted by molar-refractivity contribution is 0.0944. The standard InChI is InChI=1S/C35H54N4O2.2ClH/c1-5-38(6-2)23-15-11-9-13-21-36-34(40)28-17-19-32-30(25-28)27-31-26-29(18-20-33(31)32)35(41)37-22-14-10-12-16-24-39(7-3)8-4;;/h17-20,25-26H,5-16,21-24,27H2,1-4H3,(H,36,40)(H,37,41);2*1H. The van der Waals surface area contributed by atoms with Crippen LogP contribution < -0.4 is 10.6 Å². The number of hydrogen-bond donors (Lipinski definition) is 2. The molecule has 0 saturated heterocycles. The molecule has 0 heterocycles. The van der Waals surface area contributed by atoms with Crippen molar-refractivity contribution < 1.29 is 9.59 Å². The Hall–Kier alpha value is -2.12. The zero-order valence-corrected chi connectivity index (χ0v) is 28.6. The molecule has 3 rings (SSSR count). The van der Waals surface area contributed by atoms with Crippen molar-refractivity contribution in [3.8, 4) is 11.1 Å². The Morgan fingerprint density at radius 2 is 0.953 bits per heavy atom. The van der Waals surface area contributed by atoms with Crippen LogP contribution in [0.3, 0.4) is 0 Å². The summed E-state index contributed by atoms with van der Waals surface area (Å²) in [5.41, 5.74) is 6.08. The monoisotopic (exact) mass is 634 g/mol. The predicted molar refractivity (Wildman–Crippen MR) is 186 cm³/mol. The summed E-state index contributed by atoms with van der Waals surface area (Å²) in [6.45, 7) is 17.1. The first-order valence-corrected chi connectivity index (χ1v) is 16.3. The van der Waals surface area contributed by atoms with Gasteiger partial charge in [-0.3, -0.25) is 9.59 Å². The van der Waals surface area contributed by atoms with Crippen molar-refractivity contribution in [1.29, 1.82) is 0 Å². The first-order chi connectivity index (χ1) is 20.0. The molecule has 2 amide bonds. The molecule has 0 radical (unpaired) electrons. The number of amides is 2. The zero-order valence-electron chi connectivity index (χ0n) is 27.0. The first-order valence-electron chi connectivity index (χ1n) is 16.3. The number of benzene rings is 2. The molecule has 0 aromatic heterocycles. The fourth-order valence-corrected chi connectivity index (χ4v) is 5.81. The molecule has 1 aliphatic rings. The fraction of sp³-hybridized carbons (Fsp3) is 0.600. The number of rotatable bonds is 20. The van der Waals surface area contributed by atoms with Crippen molar-refractivity contribution in [1.82, 2.24) is 20.4 Å². The van der Waals surface area contributed by atoms with Gasteiger partial charge in [0.15, 0.2) is 0 Å². The van der Waals surface area contributed by atoms with Crippen molar-refractivity contribution in [3.63, 3.8) is 0 Å². The van der Waals surface area contributed by atoms with E-state index in [0.29, 0.717) is 11.1 Å². The van der Waals surface area contributed by atoms with Crippen LogP contribution in [0.25, 0.3) is 11.1 Å². The molecular formula is C35H56Cl2N4O2. The summed E-state index contributed by atoms with van der Waals surface area (Å²) >= 11 is 0. The summed E-state index contributed by atoms with van der Waals surface area (Å²) in [7, 11) is 0. The van der Waals surface area contributed by atoms with Crippen LogP contribution in [0.4, 0.5) is 0 Å². The van der Waals surface area contributed by atoms with Crippen molar-refractivity contribution in [2.45, 2.75) is 85.5 Å². The van der Waals surface area contributed by atoms with Crippen LogP contribution in [0.1, 0.15) is 111 Å². The average molecular weight is 636 g/mol. The molecule has 0 aliphatic heterocycles. The number of carbonyl (C=O) groups is 2. The maximum atomic E-state index is 12.8. The van der Waals surface area contributed by atoms with E-state index < -0.39 is 0 Å². The zero-order chi connectivity index (χ0) is 29.5. The quantitative estimate of drug-likeness (QED) is 0.127. The highest BCUT2D eigenvalue weighted by molar-refractivity contribution is 5.97. The number of fused-ring (bicyclic) bond motifs is 3. The maximum absolute atomic E-state index is 12.8. The van der Waals surface area contributed by atoms with Crippen molar-refractivity contribution in [2.75, 3.05) is 52.4 Å². The molecule has 242 valence electrons. The van der Waals surface area contributed by atoms with Gasteiger partial charge in [-0.25, -0.2) is 0 Å². The van der Waals surface area contributed by atoms with Crippen LogP contribution in [-0.2, 0) is 6.42 Å². The Morgan fingerprint density at radius 1 is 0.581 bits per heavy atom. The van der Waals surface area contributed by atoms with E-state index in [-0.39, 0.29) is 36.6 Å². The molecule has 2 aromatic rings. The lowest BCUT2D eigenvalue weighted by atomic mass is 10.0. The number of halogens is 2. The Labute approximate surface area is 273 Å². The average Bonchev–Trinajstić information content (AvgIpc) is 3.37. The van der Waals surface area contributed by atoms with Gasteiger partial charge in [-0.1, -0.05) is 65.5 Å². The molecule has 0 bridgehead atoms. The van der Waals surface area contributed by atoms with Crippen LogP contribution in [0, 0.1) is 0 Å². The minimum absolute atomic E-state index is 0. The smallest absolute Gasteiger partial charge is 0.251 e. The summed E-state index contributed by atoms with van der Waals surface area (Å²) in [4.78, 5) is 30.5. The van der Waals surface area contributed by atoms with Gasteiger partial charge in [-0.15, -0.1) is 24.8 Å². The molecule has 6 nitrogen and oxygen atoms in total. The fourth-order valence-electron chi connectivity index (χ4n) is 5.81. The summed E-state index contributed by atoms with van der Waals surface area (Å²) in [6, 6.07) is 12.0. The second-order valence-electron chi connectivity index (χ2n) is 11.3. The lowest BCUT2D eigenvalue weighted by Gasteiger charge is -2.17. The molecule has 0 unspecified atom stereocenters. The van der Waals surface area contributed by atoms with Crippen molar-refractivity contribution in [2.24, 2.45) is 0 Å². The van der Waals surface area contributed by atoms with Gasteiger partial charge in [-0.2, -0.15) is 0 Å². The minimum Gasteiger partial charge on any atom is -0.352 e. The highest BCUT2D eigenvalue weighted by Crippen LogP contribution is 2.37. The number of unbranched alkanes of at least 4 members (excludes halogenated alkanes) is 6. The van der Waals surface area contributed by atoms with Crippen LogP contribution in [0.15, 0.2) is 36.4 Å². The van der Waals surface area contributed by atoms with E-state index in [1.165, 1.54) is 49.9 Å². The molecule has 0 atom stereocenters. The van der Waals surface area contributed by atoms with E-state index in [2.05, 4.69) is 60.3 Å². The summed E-state index contributed by atoms with van der Waals surface area (Å²) in [6.07, 6.45) is 9.95. The van der Waals surface area contributed by atoms with Gasteiger partial charge in [0.05, 0.1) is 0 Å². The molecule has 43 heavy (non-hydrogen) atoms. The third kappa shape index (κ3) is 12.4. The van der Waals surface area contributed by atoms with Crippen LogP contribution >= 0.6 is 24.8 Å². The van der Waals surface area contributed by atoms with Crippen LogP contribution in [0.5, 0.6) is 0 Å². The van der Waals surface area contributed by atoms with E-state index in [0.717, 1.165) is 82.5 Å². The molecule has 0 spiro atoms. The van der Waals surface area contributed by atoms with Crippen LogP contribution in [-0.4, -0.2) is 74.0 Å². The number of carbonyl (C=O) groups excluding carboxylic acids is 2. The molecular weight excluding hydrogens is 579 g/mol. The number of hydrogen-bond acceptors (Lipinski definition) is 4. The Balaban J connectivity index is 0.00000462. The van der Waals surface area contributed by atoms with Gasteiger partial charge in [-0.05, 0) is 118 Å². The Bertz CT molecular complexity index is 1020. The van der Waals surface area contributed by atoms with Gasteiger partial charge in [0.1, 0.15) is 0 Å². The summed E-state index contributed by atoms with van der Waals surface area (Å²) < 4.78 is 0. The van der Waals surface area contributed by atoms with Crippen molar-refractivity contribution >= 4 is 36.6 Å². The third-order valence-electron chi connectivity index (χ3n) is 8.57. The lowest BCUT2D eigenvalue weighted by Crippen LogP contribution is -2.25.